The van der Waals surface area contributed by atoms with Crippen molar-refractivity contribution in [3.8, 4) is 11.8 Å². The topological polar surface area (TPSA) is 50.1 Å². The number of hydrogen-bond acceptors (Lipinski definition) is 3. The molecule has 0 saturated heterocycles. The average Bonchev–Trinajstić information content (AvgIpc) is 2.34. The Bertz CT molecular complexity index is 520. The van der Waals surface area contributed by atoms with Crippen LogP contribution in [0.5, 0.6) is 5.75 Å². The number of ether oxygens (including phenoxy) is 1. The molecule has 0 spiro atoms. The highest BCUT2D eigenvalue weighted by atomic mass is 79.9. The number of ketones is 1. The SMILES string of the molecule is COc1cc(C(=O)CBr)cc(C#N)c1C(F)(F)F. The lowest BCUT2D eigenvalue weighted by molar-refractivity contribution is -0.139. The van der Waals surface area contributed by atoms with Crippen molar-refractivity contribution in [2.24, 2.45) is 0 Å². The van der Waals surface area contributed by atoms with Crippen LogP contribution < -0.4 is 4.74 Å². The predicted octanol–water partition coefficient (Wildman–Crippen LogP) is 3.16. The fraction of sp³-hybridized carbons (Fsp3) is 0.273. The molecule has 18 heavy (non-hydrogen) atoms. The first kappa shape index (κ1) is 14.5. The molecule has 3 nitrogen and oxygen atoms in total. The van der Waals surface area contributed by atoms with E-state index in [9.17, 15) is 18.0 Å². The fourth-order valence-corrected chi connectivity index (χ4v) is 1.72. The van der Waals surface area contributed by atoms with E-state index < -0.39 is 28.8 Å². The maximum atomic E-state index is 12.8. The molecule has 7 heteroatoms. The Labute approximate surface area is 109 Å². The van der Waals surface area contributed by atoms with Gasteiger partial charge in [0.05, 0.1) is 24.1 Å². The number of methoxy groups -OCH3 is 1. The van der Waals surface area contributed by atoms with E-state index >= 15 is 0 Å². The van der Waals surface area contributed by atoms with Gasteiger partial charge in [0.2, 0.25) is 0 Å². The number of halogens is 4. The third-order valence-corrected chi connectivity index (χ3v) is 2.68. The number of hydrogen-bond donors (Lipinski definition) is 0. The van der Waals surface area contributed by atoms with Crippen LogP contribution in [0.2, 0.25) is 0 Å². The smallest absolute Gasteiger partial charge is 0.421 e. The first-order valence-electron chi connectivity index (χ1n) is 4.63. The molecule has 1 aromatic carbocycles. The van der Waals surface area contributed by atoms with Crippen molar-refractivity contribution in [3.63, 3.8) is 0 Å². The Balaban J connectivity index is 3.56. The molecule has 0 bridgehead atoms. The molecular weight excluding hydrogens is 315 g/mol. The first-order chi connectivity index (χ1) is 8.35. The molecule has 0 unspecified atom stereocenters. The standard InChI is InChI=1S/C11H7BrF3NO2/c1-18-9-3-6(8(17)4-12)2-7(5-16)10(9)11(13,14)15/h2-3H,4H2,1H3. The van der Waals surface area contributed by atoms with Gasteiger partial charge in [-0.3, -0.25) is 4.79 Å². The van der Waals surface area contributed by atoms with Crippen molar-refractivity contribution < 1.29 is 22.7 Å². The maximum Gasteiger partial charge on any atom is 0.421 e. The van der Waals surface area contributed by atoms with Gasteiger partial charge >= 0.3 is 6.18 Å². The van der Waals surface area contributed by atoms with Crippen LogP contribution in [0.1, 0.15) is 21.5 Å². The van der Waals surface area contributed by atoms with Gasteiger partial charge in [0.25, 0.3) is 0 Å². The fourth-order valence-electron chi connectivity index (χ4n) is 1.40. The second-order valence-corrected chi connectivity index (χ2v) is 3.83. The maximum absolute atomic E-state index is 12.8. The normalized spacial score (nSPS) is 10.9. The van der Waals surface area contributed by atoms with Crippen LogP contribution in [-0.4, -0.2) is 18.2 Å². The number of benzene rings is 1. The largest absolute Gasteiger partial charge is 0.496 e. The minimum Gasteiger partial charge on any atom is -0.496 e. The molecule has 0 aliphatic carbocycles. The second-order valence-electron chi connectivity index (χ2n) is 3.27. The van der Waals surface area contributed by atoms with E-state index in [0.29, 0.717) is 0 Å². The number of carbonyl (C=O) groups is 1. The molecular formula is C11H7BrF3NO2. The first-order valence-corrected chi connectivity index (χ1v) is 5.75. The van der Waals surface area contributed by atoms with Crippen LogP contribution in [0.3, 0.4) is 0 Å². The summed E-state index contributed by atoms with van der Waals surface area (Å²) in [6, 6.07) is 3.32. The molecule has 0 saturated carbocycles. The quantitative estimate of drug-likeness (QED) is 0.634. The van der Waals surface area contributed by atoms with Gasteiger partial charge in [0.15, 0.2) is 5.78 Å². The molecule has 1 rings (SSSR count). The van der Waals surface area contributed by atoms with E-state index in [-0.39, 0.29) is 10.9 Å². The van der Waals surface area contributed by atoms with Crippen molar-refractivity contribution in [1.82, 2.24) is 0 Å². The molecule has 0 aliphatic rings. The highest BCUT2D eigenvalue weighted by molar-refractivity contribution is 9.09. The highest BCUT2D eigenvalue weighted by Crippen LogP contribution is 2.39. The Morgan fingerprint density at radius 2 is 2.11 bits per heavy atom. The van der Waals surface area contributed by atoms with Gasteiger partial charge in [-0.05, 0) is 12.1 Å². The summed E-state index contributed by atoms with van der Waals surface area (Å²) in [5, 5.41) is 8.70. The zero-order chi connectivity index (χ0) is 13.9. The van der Waals surface area contributed by atoms with E-state index in [1.165, 1.54) is 6.07 Å². The lowest BCUT2D eigenvalue weighted by Crippen LogP contribution is -2.12. The number of rotatable bonds is 3. The summed E-state index contributed by atoms with van der Waals surface area (Å²) < 4.78 is 42.9. The zero-order valence-corrected chi connectivity index (χ0v) is 10.7. The van der Waals surface area contributed by atoms with Gasteiger partial charge in [0, 0.05) is 5.56 Å². The third kappa shape index (κ3) is 2.82. The Morgan fingerprint density at radius 3 is 2.50 bits per heavy atom. The minimum absolute atomic E-state index is 0.00623. The Hall–Kier alpha value is -1.55. The molecule has 0 N–H and O–H groups in total. The van der Waals surface area contributed by atoms with Gasteiger partial charge in [0.1, 0.15) is 11.3 Å². The average molecular weight is 322 g/mol. The molecule has 0 aromatic heterocycles. The molecule has 0 aliphatic heterocycles. The molecule has 96 valence electrons. The van der Waals surface area contributed by atoms with Crippen LogP contribution >= 0.6 is 15.9 Å². The molecule has 0 atom stereocenters. The number of nitrogens with zero attached hydrogens (tertiary/aromatic N) is 1. The molecule has 0 heterocycles. The number of nitriles is 1. The number of carbonyl (C=O) groups excluding carboxylic acids is 1. The molecule has 0 radical (unpaired) electrons. The monoisotopic (exact) mass is 321 g/mol. The van der Waals surface area contributed by atoms with E-state index in [1.54, 1.807) is 0 Å². The summed E-state index contributed by atoms with van der Waals surface area (Å²) in [6.45, 7) is 0. The van der Waals surface area contributed by atoms with Crippen molar-refractivity contribution in [3.05, 3.63) is 28.8 Å². The van der Waals surface area contributed by atoms with Crippen molar-refractivity contribution in [2.75, 3.05) is 12.4 Å². The summed E-state index contributed by atoms with van der Waals surface area (Å²) in [5.74, 6) is -0.968. The zero-order valence-electron chi connectivity index (χ0n) is 9.14. The van der Waals surface area contributed by atoms with Crippen molar-refractivity contribution in [1.29, 1.82) is 5.26 Å². The van der Waals surface area contributed by atoms with Crippen LogP contribution in [0.25, 0.3) is 0 Å². The Kier molecular flexibility index (Phi) is 4.35. The Morgan fingerprint density at radius 1 is 1.50 bits per heavy atom. The van der Waals surface area contributed by atoms with Gasteiger partial charge in [-0.25, -0.2) is 0 Å². The van der Waals surface area contributed by atoms with Crippen molar-refractivity contribution >= 4 is 21.7 Å². The summed E-state index contributed by atoms with van der Waals surface area (Å²) in [5.41, 5.74) is -1.81. The summed E-state index contributed by atoms with van der Waals surface area (Å²) in [6.07, 6.45) is -4.72. The van der Waals surface area contributed by atoms with Crippen LogP contribution in [0, 0.1) is 11.3 Å². The van der Waals surface area contributed by atoms with E-state index in [0.717, 1.165) is 19.2 Å². The number of alkyl halides is 4. The van der Waals surface area contributed by atoms with Gasteiger partial charge in [-0.1, -0.05) is 15.9 Å². The summed E-state index contributed by atoms with van der Waals surface area (Å²) in [7, 11) is 1.05. The predicted molar refractivity (Wildman–Crippen MR) is 60.8 cm³/mol. The van der Waals surface area contributed by atoms with Gasteiger partial charge < -0.3 is 4.74 Å². The van der Waals surface area contributed by atoms with E-state index in [1.807, 2.05) is 0 Å². The minimum atomic E-state index is -4.72. The van der Waals surface area contributed by atoms with E-state index in [4.69, 9.17) is 5.26 Å². The van der Waals surface area contributed by atoms with E-state index in [2.05, 4.69) is 20.7 Å². The van der Waals surface area contributed by atoms with Crippen LogP contribution in [-0.2, 0) is 6.18 Å². The lowest BCUT2D eigenvalue weighted by Gasteiger charge is -2.14. The highest BCUT2D eigenvalue weighted by Gasteiger charge is 2.38. The van der Waals surface area contributed by atoms with Gasteiger partial charge in [-0.2, -0.15) is 18.4 Å². The van der Waals surface area contributed by atoms with Crippen molar-refractivity contribution in [2.45, 2.75) is 6.18 Å². The molecule has 0 fully saturated rings. The summed E-state index contributed by atoms with van der Waals surface area (Å²) in [4.78, 5) is 11.4. The number of Topliss-reactive ketones (excluding diaryl/α,β-unsaturated/α-hetero) is 1. The van der Waals surface area contributed by atoms with Crippen LogP contribution in [0.15, 0.2) is 12.1 Å². The molecule has 0 amide bonds. The van der Waals surface area contributed by atoms with Gasteiger partial charge in [-0.15, -0.1) is 0 Å². The summed E-state index contributed by atoms with van der Waals surface area (Å²) >= 11 is 2.91. The lowest BCUT2D eigenvalue weighted by atomic mass is 10.0. The molecule has 1 aromatic rings. The van der Waals surface area contributed by atoms with Crippen LogP contribution in [0.4, 0.5) is 13.2 Å². The second kappa shape index (κ2) is 5.40. The third-order valence-electron chi connectivity index (χ3n) is 2.17.